The van der Waals surface area contributed by atoms with Crippen molar-refractivity contribution in [2.75, 3.05) is 24.6 Å². The summed E-state index contributed by atoms with van der Waals surface area (Å²) in [6, 6.07) is 7.20. The maximum Gasteiger partial charge on any atom is 0.0447 e. The largest absolute Gasteiger partial charge is 0.396 e. The van der Waals surface area contributed by atoms with Crippen molar-refractivity contribution in [3.63, 3.8) is 0 Å². The Hall–Kier alpha value is -0.580. The SMILES string of the molecule is CCNCc1cc(Br)ccc1N(CCCO)C1CCC1. The average Bonchev–Trinajstić information content (AvgIpc) is 2.39. The summed E-state index contributed by atoms with van der Waals surface area (Å²) in [7, 11) is 0. The molecule has 0 spiro atoms. The molecule has 2 rings (SSSR count). The minimum Gasteiger partial charge on any atom is -0.396 e. The highest BCUT2D eigenvalue weighted by molar-refractivity contribution is 9.10. The van der Waals surface area contributed by atoms with E-state index in [9.17, 15) is 0 Å². The average molecular weight is 341 g/mol. The molecule has 0 saturated heterocycles. The fourth-order valence-corrected chi connectivity index (χ4v) is 3.08. The Kier molecular flexibility index (Phi) is 6.33. The molecule has 0 atom stereocenters. The van der Waals surface area contributed by atoms with Crippen LogP contribution in [0.2, 0.25) is 0 Å². The number of hydrogen-bond acceptors (Lipinski definition) is 3. The Morgan fingerprint density at radius 3 is 2.80 bits per heavy atom. The zero-order valence-corrected chi connectivity index (χ0v) is 13.8. The molecule has 2 N–H and O–H groups in total. The monoisotopic (exact) mass is 340 g/mol. The number of aliphatic hydroxyl groups excluding tert-OH is 1. The van der Waals surface area contributed by atoms with Crippen LogP contribution in [0.15, 0.2) is 22.7 Å². The number of anilines is 1. The van der Waals surface area contributed by atoms with Crippen LogP contribution in [-0.2, 0) is 6.54 Å². The molecule has 0 unspecified atom stereocenters. The van der Waals surface area contributed by atoms with Crippen LogP contribution in [0.4, 0.5) is 5.69 Å². The van der Waals surface area contributed by atoms with Gasteiger partial charge >= 0.3 is 0 Å². The summed E-state index contributed by atoms with van der Waals surface area (Å²) in [5, 5.41) is 12.6. The molecule has 1 saturated carbocycles. The van der Waals surface area contributed by atoms with E-state index in [4.69, 9.17) is 5.11 Å². The number of nitrogens with one attached hydrogen (secondary N) is 1. The van der Waals surface area contributed by atoms with E-state index in [1.165, 1.54) is 30.5 Å². The van der Waals surface area contributed by atoms with Crippen molar-refractivity contribution in [2.24, 2.45) is 0 Å². The van der Waals surface area contributed by atoms with Crippen molar-refractivity contribution < 1.29 is 5.11 Å². The summed E-state index contributed by atoms with van der Waals surface area (Å²) in [6.45, 7) is 5.22. The zero-order valence-electron chi connectivity index (χ0n) is 12.2. The third-order valence-electron chi connectivity index (χ3n) is 3.99. The summed E-state index contributed by atoms with van der Waals surface area (Å²) in [5.41, 5.74) is 2.67. The Bertz CT molecular complexity index is 421. The van der Waals surface area contributed by atoms with Crippen LogP contribution in [0.25, 0.3) is 0 Å². The second kappa shape index (κ2) is 8.01. The van der Waals surface area contributed by atoms with Crippen molar-refractivity contribution in [3.8, 4) is 0 Å². The van der Waals surface area contributed by atoms with Gasteiger partial charge in [0.25, 0.3) is 0 Å². The minimum absolute atomic E-state index is 0.266. The van der Waals surface area contributed by atoms with Crippen LogP contribution >= 0.6 is 15.9 Å². The van der Waals surface area contributed by atoms with Crippen molar-refractivity contribution in [1.29, 1.82) is 0 Å². The number of aliphatic hydroxyl groups is 1. The molecular formula is C16H25BrN2O. The first kappa shape index (κ1) is 15.8. The molecule has 0 radical (unpaired) electrons. The van der Waals surface area contributed by atoms with Gasteiger partial charge in [-0.3, -0.25) is 0 Å². The molecule has 0 amide bonds. The lowest BCUT2D eigenvalue weighted by Crippen LogP contribution is -2.41. The second-order valence-electron chi connectivity index (χ2n) is 5.41. The van der Waals surface area contributed by atoms with E-state index in [1.54, 1.807) is 0 Å². The maximum atomic E-state index is 9.14. The standard InChI is InChI=1S/C16H25BrN2O/c1-2-18-12-13-11-14(17)7-8-16(13)19(9-4-10-20)15-5-3-6-15/h7-8,11,15,18,20H,2-6,9-10,12H2,1H3. The second-order valence-corrected chi connectivity index (χ2v) is 6.32. The fraction of sp³-hybridized carbons (Fsp3) is 0.625. The lowest BCUT2D eigenvalue weighted by molar-refractivity contribution is 0.283. The summed E-state index contributed by atoms with van der Waals surface area (Å²) in [6.07, 6.45) is 4.73. The van der Waals surface area contributed by atoms with Gasteiger partial charge in [0.15, 0.2) is 0 Å². The van der Waals surface area contributed by atoms with Crippen LogP contribution in [0.5, 0.6) is 0 Å². The first-order chi connectivity index (χ1) is 9.76. The van der Waals surface area contributed by atoms with Crippen LogP contribution in [-0.4, -0.2) is 30.8 Å². The highest BCUT2D eigenvalue weighted by atomic mass is 79.9. The third-order valence-corrected chi connectivity index (χ3v) is 4.48. The fourth-order valence-electron chi connectivity index (χ4n) is 2.67. The van der Waals surface area contributed by atoms with Crippen LogP contribution in [0.1, 0.15) is 38.2 Å². The van der Waals surface area contributed by atoms with E-state index in [1.807, 2.05) is 0 Å². The van der Waals surface area contributed by atoms with E-state index in [0.717, 1.165) is 30.5 Å². The topological polar surface area (TPSA) is 35.5 Å². The Balaban J connectivity index is 2.20. The highest BCUT2D eigenvalue weighted by Gasteiger charge is 2.26. The third kappa shape index (κ3) is 3.96. The first-order valence-corrected chi connectivity index (χ1v) is 8.42. The summed E-state index contributed by atoms with van der Waals surface area (Å²) in [5.74, 6) is 0. The molecule has 1 fully saturated rings. The van der Waals surface area contributed by atoms with E-state index < -0.39 is 0 Å². The highest BCUT2D eigenvalue weighted by Crippen LogP contribution is 2.33. The molecule has 0 aliphatic heterocycles. The molecule has 20 heavy (non-hydrogen) atoms. The van der Waals surface area contributed by atoms with Crippen molar-refractivity contribution in [1.82, 2.24) is 5.32 Å². The molecule has 0 heterocycles. The van der Waals surface area contributed by atoms with Crippen LogP contribution in [0, 0.1) is 0 Å². The minimum atomic E-state index is 0.266. The van der Waals surface area contributed by atoms with Gasteiger partial charge in [0.2, 0.25) is 0 Å². The number of halogens is 1. The van der Waals surface area contributed by atoms with Gasteiger partial charge in [-0.05, 0) is 56.0 Å². The Morgan fingerprint density at radius 2 is 2.20 bits per heavy atom. The summed E-state index contributed by atoms with van der Waals surface area (Å²) < 4.78 is 1.13. The van der Waals surface area contributed by atoms with Crippen molar-refractivity contribution in [2.45, 2.75) is 45.2 Å². The zero-order chi connectivity index (χ0) is 14.4. The summed E-state index contributed by atoms with van der Waals surface area (Å²) in [4.78, 5) is 2.50. The van der Waals surface area contributed by atoms with E-state index in [0.29, 0.717) is 6.04 Å². The summed E-state index contributed by atoms with van der Waals surface area (Å²) >= 11 is 3.57. The van der Waals surface area contributed by atoms with Crippen molar-refractivity contribution in [3.05, 3.63) is 28.2 Å². The smallest absolute Gasteiger partial charge is 0.0447 e. The predicted molar refractivity (Wildman–Crippen MR) is 88.2 cm³/mol. The van der Waals surface area contributed by atoms with Gasteiger partial charge in [-0.2, -0.15) is 0 Å². The Labute approximate surface area is 130 Å². The van der Waals surface area contributed by atoms with Crippen molar-refractivity contribution >= 4 is 21.6 Å². The van der Waals surface area contributed by atoms with Gasteiger partial charge in [-0.15, -0.1) is 0 Å². The molecule has 4 heteroatoms. The van der Waals surface area contributed by atoms with Crippen LogP contribution in [0.3, 0.4) is 0 Å². The number of rotatable bonds is 8. The van der Waals surface area contributed by atoms with E-state index in [2.05, 4.69) is 51.3 Å². The van der Waals surface area contributed by atoms with Gasteiger partial charge in [-0.25, -0.2) is 0 Å². The van der Waals surface area contributed by atoms with Gasteiger partial charge in [0.05, 0.1) is 0 Å². The predicted octanol–water partition coefficient (Wildman–Crippen LogP) is 3.30. The Morgan fingerprint density at radius 1 is 1.40 bits per heavy atom. The lowest BCUT2D eigenvalue weighted by atomic mass is 9.90. The molecular weight excluding hydrogens is 316 g/mol. The molecule has 1 aliphatic rings. The van der Waals surface area contributed by atoms with E-state index in [-0.39, 0.29) is 6.61 Å². The molecule has 0 bridgehead atoms. The molecule has 1 aromatic rings. The molecule has 112 valence electrons. The van der Waals surface area contributed by atoms with Gasteiger partial charge < -0.3 is 15.3 Å². The van der Waals surface area contributed by atoms with Gasteiger partial charge in [0, 0.05) is 35.9 Å². The molecule has 3 nitrogen and oxygen atoms in total. The van der Waals surface area contributed by atoms with E-state index >= 15 is 0 Å². The normalized spacial score (nSPS) is 15.2. The molecule has 1 aliphatic carbocycles. The lowest BCUT2D eigenvalue weighted by Gasteiger charge is -2.40. The maximum absolute atomic E-state index is 9.14. The van der Waals surface area contributed by atoms with Gasteiger partial charge in [0.1, 0.15) is 0 Å². The first-order valence-electron chi connectivity index (χ1n) is 7.63. The molecule has 0 aromatic heterocycles. The number of nitrogens with zero attached hydrogens (tertiary/aromatic N) is 1. The quantitative estimate of drug-likeness (QED) is 0.762. The molecule has 1 aromatic carbocycles. The van der Waals surface area contributed by atoms with Crippen LogP contribution < -0.4 is 10.2 Å². The number of hydrogen-bond donors (Lipinski definition) is 2. The van der Waals surface area contributed by atoms with Gasteiger partial charge in [-0.1, -0.05) is 22.9 Å². The number of benzene rings is 1.